The van der Waals surface area contributed by atoms with E-state index in [0.717, 1.165) is 16.8 Å². The SMILES string of the molecule is Cc1ccc([N+](=O)[O-])cc1S(=O)(=O)N1CCC(C(=O)Oc2ccc(Cl)c3ccccc23)CC1. The summed E-state index contributed by atoms with van der Waals surface area (Å²) in [5.41, 5.74) is 0.143. The zero-order valence-corrected chi connectivity index (χ0v) is 19.3. The van der Waals surface area contributed by atoms with Crippen molar-refractivity contribution in [3.8, 4) is 5.75 Å². The maximum absolute atomic E-state index is 13.1. The van der Waals surface area contributed by atoms with E-state index in [1.54, 1.807) is 19.1 Å². The van der Waals surface area contributed by atoms with Gasteiger partial charge in [-0.15, -0.1) is 0 Å². The lowest BCUT2D eigenvalue weighted by molar-refractivity contribution is -0.385. The normalized spacial score (nSPS) is 15.5. The van der Waals surface area contributed by atoms with Crippen LogP contribution in [0.3, 0.4) is 0 Å². The molecule has 0 spiro atoms. The number of carbonyl (C=O) groups is 1. The van der Waals surface area contributed by atoms with Crippen LogP contribution in [0.1, 0.15) is 18.4 Å². The lowest BCUT2D eigenvalue weighted by Crippen LogP contribution is -2.41. The molecule has 0 N–H and O–H groups in total. The Balaban J connectivity index is 1.47. The molecule has 1 aliphatic heterocycles. The Kier molecular flexibility index (Phi) is 6.38. The molecular formula is C23H21ClN2O6S. The lowest BCUT2D eigenvalue weighted by Gasteiger charge is -2.30. The number of rotatable bonds is 5. The van der Waals surface area contributed by atoms with Crippen molar-refractivity contribution in [2.24, 2.45) is 5.92 Å². The van der Waals surface area contributed by atoms with E-state index < -0.39 is 26.8 Å². The predicted octanol–water partition coefficient (Wildman–Crippen LogP) is 4.72. The number of fused-ring (bicyclic) bond motifs is 1. The first-order chi connectivity index (χ1) is 15.7. The quantitative estimate of drug-likeness (QED) is 0.223. The molecule has 0 atom stereocenters. The summed E-state index contributed by atoms with van der Waals surface area (Å²) >= 11 is 6.22. The van der Waals surface area contributed by atoms with Crippen molar-refractivity contribution in [1.29, 1.82) is 0 Å². The molecule has 0 aromatic heterocycles. The fourth-order valence-corrected chi connectivity index (χ4v) is 5.91. The third-order valence-corrected chi connectivity index (χ3v) is 8.20. The number of hydrogen-bond acceptors (Lipinski definition) is 6. The van der Waals surface area contributed by atoms with Crippen LogP contribution in [-0.2, 0) is 14.8 Å². The second-order valence-electron chi connectivity index (χ2n) is 7.90. The molecular weight excluding hydrogens is 468 g/mol. The Morgan fingerprint density at radius 2 is 1.76 bits per heavy atom. The van der Waals surface area contributed by atoms with Crippen LogP contribution in [0.2, 0.25) is 5.02 Å². The molecule has 1 heterocycles. The Morgan fingerprint density at radius 3 is 2.42 bits per heavy atom. The van der Waals surface area contributed by atoms with Crippen molar-refractivity contribution < 1.29 is 22.9 Å². The number of hydrogen-bond donors (Lipinski definition) is 0. The molecule has 33 heavy (non-hydrogen) atoms. The average Bonchev–Trinajstić information content (AvgIpc) is 2.81. The molecule has 1 fully saturated rings. The lowest BCUT2D eigenvalue weighted by atomic mass is 9.98. The van der Waals surface area contributed by atoms with E-state index in [2.05, 4.69) is 0 Å². The standard InChI is InChI=1S/C23H21ClN2O6S/c1-15-6-7-17(26(28)29)14-22(15)33(30,31)25-12-10-16(11-13-25)23(27)32-21-9-8-20(24)18-4-2-3-5-19(18)21/h2-9,14,16H,10-13H2,1H3. The van der Waals surface area contributed by atoms with Crippen LogP contribution in [0, 0.1) is 23.0 Å². The van der Waals surface area contributed by atoms with E-state index in [-0.39, 0.29) is 36.5 Å². The number of sulfonamides is 1. The minimum Gasteiger partial charge on any atom is -0.426 e. The van der Waals surface area contributed by atoms with Crippen molar-refractivity contribution >= 4 is 44.1 Å². The molecule has 172 valence electrons. The van der Waals surface area contributed by atoms with Gasteiger partial charge in [-0.1, -0.05) is 41.9 Å². The van der Waals surface area contributed by atoms with Crippen molar-refractivity contribution in [1.82, 2.24) is 4.31 Å². The van der Waals surface area contributed by atoms with Crippen molar-refractivity contribution in [2.75, 3.05) is 13.1 Å². The summed E-state index contributed by atoms with van der Waals surface area (Å²) in [6.45, 7) is 1.83. The highest BCUT2D eigenvalue weighted by Gasteiger charge is 2.34. The molecule has 8 nitrogen and oxygen atoms in total. The second-order valence-corrected chi connectivity index (χ2v) is 10.2. The number of non-ortho nitro benzene ring substituents is 1. The highest BCUT2D eigenvalue weighted by Crippen LogP contribution is 2.33. The number of esters is 1. The highest BCUT2D eigenvalue weighted by molar-refractivity contribution is 7.89. The molecule has 4 rings (SSSR count). The van der Waals surface area contributed by atoms with Gasteiger partial charge in [0.25, 0.3) is 5.69 Å². The molecule has 3 aromatic rings. The maximum atomic E-state index is 13.1. The van der Waals surface area contributed by atoms with Gasteiger partial charge in [0.05, 0.1) is 15.7 Å². The zero-order valence-electron chi connectivity index (χ0n) is 17.7. The summed E-state index contributed by atoms with van der Waals surface area (Å²) in [6.07, 6.45) is 0.578. The second kappa shape index (κ2) is 9.09. The van der Waals surface area contributed by atoms with Gasteiger partial charge in [-0.05, 0) is 37.5 Å². The average molecular weight is 489 g/mol. The van der Waals surface area contributed by atoms with Crippen molar-refractivity contribution in [2.45, 2.75) is 24.7 Å². The fraction of sp³-hybridized carbons (Fsp3) is 0.261. The van der Waals surface area contributed by atoms with E-state index in [1.165, 1.54) is 16.4 Å². The Bertz CT molecular complexity index is 1350. The molecule has 0 bridgehead atoms. The number of aryl methyl sites for hydroxylation is 1. The summed E-state index contributed by atoms with van der Waals surface area (Å²) in [5, 5.41) is 13.1. The number of carbonyl (C=O) groups excluding carboxylic acids is 1. The molecule has 0 aliphatic carbocycles. The molecule has 10 heteroatoms. The van der Waals surface area contributed by atoms with Gasteiger partial charge in [0.2, 0.25) is 10.0 Å². The first-order valence-corrected chi connectivity index (χ1v) is 12.1. The molecule has 0 unspecified atom stereocenters. The molecule has 0 amide bonds. The summed E-state index contributed by atoms with van der Waals surface area (Å²) in [4.78, 5) is 23.2. The smallest absolute Gasteiger partial charge is 0.314 e. The van der Waals surface area contributed by atoms with Crippen LogP contribution in [0.15, 0.2) is 59.5 Å². The summed E-state index contributed by atoms with van der Waals surface area (Å²) in [5.74, 6) is -0.481. The third-order valence-electron chi connectivity index (χ3n) is 5.83. The summed E-state index contributed by atoms with van der Waals surface area (Å²) in [6, 6.07) is 14.4. The minimum atomic E-state index is -3.93. The number of ether oxygens (including phenoxy) is 1. The summed E-state index contributed by atoms with van der Waals surface area (Å²) < 4.78 is 33.1. The van der Waals surface area contributed by atoms with Crippen LogP contribution in [0.4, 0.5) is 5.69 Å². The zero-order chi connectivity index (χ0) is 23.8. The van der Waals surface area contributed by atoms with Gasteiger partial charge in [-0.2, -0.15) is 4.31 Å². The maximum Gasteiger partial charge on any atom is 0.314 e. The van der Waals surface area contributed by atoms with Gasteiger partial charge >= 0.3 is 5.97 Å². The van der Waals surface area contributed by atoms with E-state index in [1.807, 2.05) is 24.3 Å². The predicted molar refractivity (Wildman–Crippen MR) is 124 cm³/mol. The van der Waals surface area contributed by atoms with Crippen molar-refractivity contribution in [3.05, 3.63) is 75.3 Å². The highest BCUT2D eigenvalue weighted by atomic mass is 35.5. The number of halogens is 1. The van der Waals surface area contributed by atoms with E-state index in [4.69, 9.17) is 16.3 Å². The van der Waals surface area contributed by atoms with Gasteiger partial charge in [0.15, 0.2) is 0 Å². The number of nitrogens with zero attached hydrogens (tertiary/aromatic N) is 2. The van der Waals surface area contributed by atoms with Crippen LogP contribution in [-0.4, -0.2) is 36.7 Å². The Labute approximate surface area is 195 Å². The topological polar surface area (TPSA) is 107 Å². The number of nitro benzene ring substituents is 1. The van der Waals surface area contributed by atoms with Gasteiger partial charge < -0.3 is 4.74 Å². The number of nitro groups is 1. The number of piperidine rings is 1. The molecule has 3 aromatic carbocycles. The van der Waals surface area contributed by atoms with E-state index in [0.29, 0.717) is 16.3 Å². The van der Waals surface area contributed by atoms with Gasteiger partial charge in [-0.3, -0.25) is 14.9 Å². The first-order valence-electron chi connectivity index (χ1n) is 10.3. The molecule has 0 radical (unpaired) electrons. The first kappa shape index (κ1) is 23.2. The van der Waals surface area contributed by atoms with Crippen LogP contribution < -0.4 is 4.74 Å². The van der Waals surface area contributed by atoms with E-state index >= 15 is 0 Å². The molecule has 1 aliphatic rings. The summed E-state index contributed by atoms with van der Waals surface area (Å²) in [7, 11) is -3.93. The van der Waals surface area contributed by atoms with Crippen LogP contribution in [0.5, 0.6) is 5.75 Å². The number of benzene rings is 3. The molecule has 0 saturated carbocycles. The molecule has 1 saturated heterocycles. The fourth-order valence-electron chi connectivity index (χ4n) is 3.97. The van der Waals surface area contributed by atoms with Crippen LogP contribution in [0.25, 0.3) is 10.8 Å². The van der Waals surface area contributed by atoms with Gasteiger partial charge in [-0.25, -0.2) is 8.42 Å². The monoisotopic (exact) mass is 488 g/mol. The Hall–Kier alpha value is -3.01. The van der Waals surface area contributed by atoms with Gasteiger partial charge in [0, 0.05) is 41.0 Å². The third kappa shape index (κ3) is 4.57. The minimum absolute atomic E-state index is 0.0923. The van der Waals surface area contributed by atoms with Crippen LogP contribution >= 0.6 is 11.6 Å². The largest absolute Gasteiger partial charge is 0.426 e. The van der Waals surface area contributed by atoms with Crippen molar-refractivity contribution in [3.63, 3.8) is 0 Å². The Morgan fingerprint density at radius 1 is 1.09 bits per heavy atom. The van der Waals surface area contributed by atoms with E-state index in [9.17, 15) is 23.3 Å². The van der Waals surface area contributed by atoms with Gasteiger partial charge in [0.1, 0.15) is 5.75 Å².